The minimum Gasteiger partial charge on any atom is -0.481 e. The van der Waals surface area contributed by atoms with Crippen LogP contribution in [0.25, 0.3) is 0 Å². The molecule has 3 atom stereocenters. The molecule has 1 heterocycles. The molecule has 0 aromatic heterocycles. The molecule has 5 heteroatoms. The van der Waals surface area contributed by atoms with E-state index in [0.717, 1.165) is 12.8 Å². The molecule has 1 aliphatic heterocycles. The van der Waals surface area contributed by atoms with E-state index in [1.165, 1.54) is 6.42 Å². The van der Waals surface area contributed by atoms with Gasteiger partial charge in [-0.2, -0.15) is 0 Å². The van der Waals surface area contributed by atoms with Gasteiger partial charge in [0.25, 0.3) is 0 Å². The van der Waals surface area contributed by atoms with Gasteiger partial charge in [-0.3, -0.25) is 4.79 Å². The number of nitrogens with zero attached hydrogens (tertiary/aromatic N) is 1. The van der Waals surface area contributed by atoms with Crippen molar-refractivity contribution >= 4 is 12.0 Å². The van der Waals surface area contributed by atoms with E-state index in [4.69, 9.17) is 0 Å². The molecule has 19 heavy (non-hydrogen) atoms. The summed E-state index contributed by atoms with van der Waals surface area (Å²) in [6.45, 7) is 4.98. The Balaban J connectivity index is 1.90. The molecule has 2 fully saturated rings. The lowest BCUT2D eigenvalue weighted by Crippen LogP contribution is -2.44. The van der Waals surface area contributed by atoms with Crippen molar-refractivity contribution in [3.8, 4) is 0 Å². The summed E-state index contributed by atoms with van der Waals surface area (Å²) in [4.78, 5) is 25.2. The Kier molecular flexibility index (Phi) is 4.02. The zero-order valence-electron chi connectivity index (χ0n) is 11.8. The van der Waals surface area contributed by atoms with Crippen LogP contribution in [0.15, 0.2) is 0 Å². The number of carboxylic acid groups (broad SMARTS) is 1. The third kappa shape index (κ3) is 2.85. The third-order valence-electron chi connectivity index (χ3n) is 4.79. The lowest BCUT2D eigenvalue weighted by atomic mass is 9.84. The molecule has 108 valence electrons. The van der Waals surface area contributed by atoms with Gasteiger partial charge in [0.05, 0.1) is 5.41 Å². The van der Waals surface area contributed by atoms with Gasteiger partial charge >= 0.3 is 12.0 Å². The predicted octanol–water partition coefficient (Wildman–Crippen LogP) is 2.07. The Morgan fingerprint density at radius 2 is 2.16 bits per heavy atom. The topological polar surface area (TPSA) is 69.6 Å². The average Bonchev–Trinajstić information content (AvgIpc) is 2.96. The lowest BCUT2D eigenvalue weighted by molar-refractivity contribution is -0.148. The summed E-state index contributed by atoms with van der Waals surface area (Å²) < 4.78 is 0. The Bertz CT molecular complexity index is 372. The normalized spacial score (nSPS) is 34.5. The van der Waals surface area contributed by atoms with Gasteiger partial charge in [-0.05, 0) is 38.0 Å². The smallest absolute Gasteiger partial charge is 0.317 e. The molecule has 1 aliphatic carbocycles. The number of carbonyl (C=O) groups is 2. The monoisotopic (exact) mass is 268 g/mol. The lowest BCUT2D eigenvalue weighted by Gasteiger charge is -2.24. The van der Waals surface area contributed by atoms with Crippen molar-refractivity contribution in [1.29, 1.82) is 0 Å². The molecule has 2 rings (SSSR count). The quantitative estimate of drug-likeness (QED) is 0.823. The molecule has 0 radical (unpaired) electrons. The van der Waals surface area contributed by atoms with Gasteiger partial charge in [0.2, 0.25) is 0 Å². The number of rotatable bonds is 3. The fourth-order valence-corrected chi connectivity index (χ4v) is 3.26. The van der Waals surface area contributed by atoms with Crippen molar-refractivity contribution in [2.24, 2.45) is 11.3 Å². The van der Waals surface area contributed by atoms with Crippen molar-refractivity contribution in [3.63, 3.8) is 0 Å². The van der Waals surface area contributed by atoms with Crippen molar-refractivity contribution in [2.45, 2.75) is 52.0 Å². The van der Waals surface area contributed by atoms with E-state index in [9.17, 15) is 14.7 Å². The fourth-order valence-electron chi connectivity index (χ4n) is 3.26. The molecule has 3 unspecified atom stereocenters. The number of amides is 2. The maximum absolute atomic E-state index is 12.2. The van der Waals surface area contributed by atoms with E-state index in [2.05, 4.69) is 12.2 Å². The van der Waals surface area contributed by atoms with E-state index in [1.54, 1.807) is 4.90 Å². The fraction of sp³-hybridized carbons (Fsp3) is 0.857. The van der Waals surface area contributed by atoms with Crippen LogP contribution < -0.4 is 5.32 Å². The molecule has 0 spiro atoms. The standard InChI is InChI=1S/C14H24N2O3/c1-3-14(12(17)18)6-7-16(9-14)13(19)15-11-5-4-10(2)8-11/h10-11H,3-9H2,1-2H3,(H,15,19)(H,17,18). The molecule has 1 saturated heterocycles. The number of aliphatic carboxylic acids is 1. The van der Waals surface area contributed by atoms with Crippen LogP contribution in [0.1, 0.15) is 46.0 Å². The summed E-state index contributed by atoms with van der Waals surface area (Å²) in [6, 6.07) is 0.180. The van der Waals surface area contributed by atoms with Crippen molar-refractivity contribution < 1.29 is 14.7 Å². The van der Waals surface area contributed by atoms with Crippen molar-refractivity contribution in [3.05, 3.63) is 0 Å². The zero-order chi connectivity index (χ0) is 14.0. The van der Waals surface area contributed by atoms with Gasteiger partial charge < -0.3 is 15.3 Å². The summed E-state index contributed by atoms with van der Waals surface area (Å²) in [6.07, 6.45) is 4.38. The number of nitrogens with one attached hydrogen (secondary N) is 1. The van der Waals surface area contributed by atoms with Crippen LogP contribution in [0.2, 0.25) is 0 Å². The maximum Gasteiger partial charge on any atom is 0.317 e. The number of urea groups is 1. The predicted molar refractivity (Wildman–Crippen MR) is 71.9 cm³/mol. The minimum absolute atomic E-state index is 0.0873. The minimum atomic E-state index is -0.778. The summed E-state index contributed by atoms with van der Waals surface area (Å²) in [5, 5.41) is 12.4. The summed E-state index contributed by atoms with van der Waals surface area (Å²) in [5.74, 6) is -0.0996. The van der Waals surface area contributed by atoms with Crippen LogP contribution in [0.3, 0.4) is 0 Å². The van der Waals surface area contributed by atoms with Crippen LogP contribution in [-0.2, 0) is 4.79 Å². The molecule has 0 aromatic carbocycles. The Hall–Kier alpha value is -1.26. The number of likely N-dealkylation sites (tertiary alicyclic amines) is 1. The second kappa shape index (κ2) is 5.39. The highest BCUT2D eigenvalue weighted by atomic mass is 16.4. The van der Waals surface area contributed by atoms with Crippen molar-refractivity contribution in [2.75, 3.05) is 13.1 Å². The molecular weight excluding hydrogens is 244 g/mol. The van der Waals surface area contributed by atoms with E-state index in [0.29, 0.717) is 31.8 Å². The van der Waals surface area contributed by atoms with E-state index < -0.39 is 11.4 Å². The molecule has 5 nitrogen and oxygen atoms in total. The molecular formula is C14H24N2O3. The highest BCUT2D eigenvalue weighted by Gasteiger charge is 2.45. The average molecular weight is 268 g/mol. The summed E-state index contributed by atoms with van der Waals surface area (Å²) >= 11 is 0. The molecule has 2 N–H and O–H groups in total. The van der Waals surface area contributed by atoms with Crippen molar-refractivity contribution in [1.82, 2.24) is 10.2 Å². The molecule has 1 saturated carbocycles. The third-order valence-corrected chi connectivity index (χ3v) is 4.79. The molecule has 2 amide bonds. The number of hydrogen-bond donors (Lipinski definition) is 2. The summed E-state index contributed by atoms with van der Waals surface area (Å²) in [5.41, 5.74) is -0.736. The van der Waals surface area contributed by atoms with E-state index in [1.807, 2.05) is 6.92 Å². The Labute approximate surface area is 114 Å². The number of carbonyl (C=O) groups excluding carboxylic acids is 1. The van der Waals surface area contributed by atoms with Crippen LogP contribution in [0.4, 0.5) is 4.79 Å². The molecule has 2 aliphatic rings. The highest BCUT2D eigenvalue weighted by Crippen LogP contribution is 2.34. The second-order valence-electron chi connectivity index (χ2n) is 6.18. The first-order chi connectivity index (χ1) is 8.97. The first-order valence-corrected chi connectivity index (χ1v) is 7.25. The second-order valence-corrected chi connectivity index (χ2v) is 6.18. The largest absolute Gasteiger partial charge is 0.481 e. The number of hydrogen-bond acceptors (Lipinski definition) is 2. The first kappa shape index (κ1) is 14.2. The Morgan fingerprint density at radius 3 is 2.63 bits per heavy atom. The first-order valence-electron chi connectivity index (χ1n) is 7.25. The summed E-state index contributed by atoms with van der Waals surface area (Å²) in [7, 11) is 0. The van der Waals surface area contributed by atoms with Gasteiger partial charge in [0, 0.05) is 19.1 Å². The van der Waals surface area contributed by atoms with E-state index in [-0.39, 0.29) is 12.1 Å². The number of carboxylic acids is 1. The van der Waals surface area contributed by atoms with Crippen LogP contribution in [-0.4, -0.2) is 41.1 Å². The van der Waals surface area contributed by atoms with Gasteiger partial charge in [-0.1, -0.05) is 13.8 Å². The van der Waals surface area contributed by atoms with Gasteiger partial charge in [-0.25, -0.2) is 4.79 Å². The zero-order valence-corrected chi connectivity index (χ0v) is 11.8. The Morgan fingerprint density at radius 1 is 1.42 bits per heavy atom. The van der Waals surface area contributed by atoms with Gasteiger partial charge in [0.1, 0.15) is 0 Å². The SMILES string of the molecule is CCC1(C(=O)O)CCN(C(=O)NC2CCC(C)C2)C1. The molecule has 0 aromatic rings. The van der Waals surface area contributed by atoms with E-state index >= 15 is 0 Å². The van der Waals surface area contributed by atoms with Gasteiger partial charge in [0.15, 0.2) is 0 Å². The van der Waals surface area contributed by atoms with Gasteiger partial charge in [-0.15, -0.1) is 0 Å². The maximum atomic E-state index is 12.2. The van der Waals surface area contributed by atoms with Crippen LogP contribution >= 0.6 is 0 Å². The highest BCUT2D eigenvalue weighted by molar-refractivity contribution is 5.79. The van der Waals surface area contributed by atoms with Crippen LogP contribution in [0.5, 0.6) is 0 Å². The molecule has 0 bridgehead atoms. The van der Waals surface area contributed by atoms with Crippen LogP contribution in [0, 0.1) is 11.3 Å².